The van der Waals surface area contributed by atoms with E-state index >= 15 is 0 Å². The number of hydrogen-bond acceptors (Lipinski definition) is 5. The van der Waals surface area contributed by atoms with Gasteiger partial charge in [0.25, 0.3) is 0 Å². The number of fused-ring (bicyclic) bond motifs is 1. The highest BCUT2D eigenvalue weighted by Crippen LogP contribution is 2.55. The smallest absolute Gasteiger partial charge is 0.203 e. The van der Waals surface area contributed by atoms with Crippen LogP contribution in [0.25, 0.3) is 0 Å². The molecule has 4 atom stereocenters. The van der Waals surface area contributed by atoms with Crippen molar-refractivity contribution in [1.82, 2.24) is 0 Å². The van der Waals surface area contributed by atoms with Gasteiger partial charge in [0.1, 0.15) is 5.75 Å². The number of nitriles is 3. The van der Waals surface area contributed by atoms with Gasteiger partial charge in [-0.1, -0.05) is 25.1 Å². The third kappa shape index (κ3) is 2.47. The van der Waals surface area contributed by atoms with E-state index in [0.29, 0.717) is 17.2 Å². The number of nitrogens with zero attached hydrogens (tertiary/aromatic N) is 3. The molecule has 1 saturated carbocycles. The zero-order chi connectivity index (χ0) is 18.9. The minimum absolute atomic E-state index is 0.102. The Kier molecular flexibility index (Phi) is 4.54. The van der Waals surface area contributed by atoms with E-state index in [2.05, 4.69) is 25.1 Å². The van der Waals surface area contributed by atoms with Gasteiger partial charge in [0, 0.05) is 5.92 Å². The van der Waals surface area contributed by atoms with Gasteiger partial charge in [-0.05, 0) is 47.9 Å². The second-order valence-corrected chi connectivity index (χ2v) is 7.14. The topological polar surface area (TPSA) is 104 Å². The minimum Gasteiger partial charge on any atom is -0.497 e. The fraction of sp³-hybridized carbons (Fsp3) is 0.429. The van der Waals surface area contributed by atoms with E-state index in [-0.39, 0.29) is 17.5 Å². The van der Waals surface area contributed by atoms with Crippen molar-refractivity contribution in [3.05, 3.63) is 41.5 Å². The zero-order valence-corrected chi connectivity index (χ0v) is 14.9. The molecule has 1 aromatic carbocycles. The first-order chi connectivity index (χ1) is 12.5. The van der Waals surface area contributed by atoms with Gasteiger partial charge in [-0.25, -0.2) is 0 Å². The lowest BCUT2D eigenvalue weighted by atomic mass is 9.53. The van der Waals surface area contributed by atoms with Crippen LogP contribution in [0.1, 0.15) is 31.2 Å². The van der Waals surface area contributed by atoms with Crippen LogP contribution in [-0.2, 0) is 0 Å². The van der Waals surface area contributed by atoms with E-state index < -0.39 is 11.3 Å². The van der Waals surface area contributed by atoms with E-state index in [1.165, 1.54) is 0 Å². The molecular formula is C21H20N4O. The summed E-state index contributed by atoms with van der Waals surface area (Å²) in [5.41, 5.74) is -0.115. The van der Waals surface area contributed by atoms with Crippen LogP contribution in [0.4, 0.5) is 0 Å². The molecule has 0 bridgehead atoms. The summed E-state index contributed by atoms with van der Waals surface area (Å²) in [7, 11) is 1.59. The van der Waals surface area contributed by atoms with E-state index in [4.69, 9.17) is 10.1 Å². The van der Waals surface area contributed by atoms with Crippen molar-refractivity contribution in [2.75, 3.05) is 7.11 Å². The second kappa shape index (κ2) is 6.66. The van der Waals surface area contributed by atoms with Crippen molar-refractivity contribution in [1.29, 1.82) is 21.2 Å². The Morgan fingerprint density at radius 1 is 1.23 bits per heavy atom. The van der Waals surface area contributed by atoms with Crippen LogP contribution >= 0.6 is 0 Å². The predicted molar refractivity (Wildman–Crippen MR) is 96.2 cm³/mol. The summed E-state index contributed by atoms with van der Waals surface area (Å²) in [4.78, 5) is 0. The molecule has 0 spiro atoms. The predicted octanol–water partition coefficient (Wildman–Crippen LogP) is 3.96. The Hall–Kier alpha value is -3.10. The number of hydrogen-bond donors (Lipinski definition) is 1. The van der Waals surface area contributed by atoms with Gasteiger partial charge in [0.15, 0.2) is 0 Å². The maximum atomic E-state index is 9.84. The second-order valence-electron chi connectivity index (χ2n) is 7.14. The van der Waals surface area contributed by atoms with Crippen molar-refractivity contribution in [3.63, 3.8) is 0 Å². The summed E-state index contributed by atoms with van der Waals surface area (Å²) in [6.07, 6.45) is 3.54. The van der Waals surface area contributed by atoms with Crippen molar-refractivity contribution < 1.29 is 4.74 Å². The van der Waals surface area contributed by atoms with E-state index in [1.807, 2.05) is 30.3 Å². The highest BCUT2D eigenvalue weighted by Gasteiger charge is 2.56. The summed E-state index contributed by atoms with van der Waals surface area (Å²) in [6, 6.07) is 13.9. The lowest BCUT2D eigenvalue weighted by Crippen LogP contribution is -2.48. The van der Waals surface area contributed by atoms with Crippen molar-refractivity contribution in [3.8, 4) is 24.0 Å². The van der Waals surface area contributed by atoms with E-state index in [1.54, 1.807) is 7.11 Å². The molecule has 1 fully saturated rings. The number of methoxy groups -OCH3 is 1. The molecule has 2 aliphatic rings. The molecule has 5 nitrogen and oxygen atoms in total. The number of allylic oxidation sites excluding steroid dienone is 2. The Balaban J connectivity index is 2.22. The number of benzene rings is 1. The Bertz CT molecular complexity index is 882. The molecule has 0 heterocycles. The average molecular weight is 344 g/mol. The van der Waals surface area contributed by atoms with Gasteiger partial charge in [0.2, 0.25) is 5.41 Å². The molecule has 0 saturated heterocycles. The zero-order valence-electron chi connectivity index (χ0n) is 14.9. The largest absolute Gasteiger partial charge is 0.497 e. The molecule has 0 aromatic heterocycles. The first-order valence-electron chi connectivity index (χ1n) is 8.67. The first kappa shape index (κ1) is 17.7. The molecule has 3 rings (SSSR count). The summed E-state index contributed by atoms with van der Waals surface area (Å²) in [6.45, 7) is 2.14. The van der Waals surface area contributed by atoms with Crippen LogP contribution in [0, 0.1) is 62.6 Å². The minimum atomic E-state index is -1.62. The molecule has 0 aliphatic heterocycles. The van der Waals surface area contributed by atoms with E-state index in [0.717, 1.165) is 18.4 Å². The average Bonchev–Trinajstić information content (AvgIpc) is 2.67. The molecule has 1 aromatic rings. The quantitative estimate of drug-likeness (QED) is 0.820. The maximum Gasteiger partial charge on any atom is 0.203 e. The summed E-state index contributed by atoms with van der Waals surface area (Å²) < 4.78 is 5.33. The fourth-order valence-corrected chi connectivity index (χ4v) is 4.40. The van der Waals surface area contributed by atoms with Crippen LogP contribution in [0.3, 0.4) is 0 Å². The molecule has 2 aliphatic carbocycles. The summed E-state index contributed by atoms with van der Waals surface area (Å²) in [5.74, 6) is -0.0831. The molecule has 5 heteroatoms. The Morgan fingerprint density at radius 2 is 1.96 bits per heavy atom. The standard InChI is InChI=1S/C21H20N4O/c1-13-6-7-18-16(8-13)19(14-4-3-5-15(9-14)26-2)17(10-22)20(25)21(18,11-23)12-24/h3-5,7,9,13,16-17,19,25H,6,8H2,1-2H3/t13-,16-,17+,19+/m0/s1. The van der Waals surface area contributed by atoms with Gasteiger partial charge in [-0.2, -0.15) is 15.8 Å². The highest BCUT2D eigenvalue weighted by atomic mass is 16.5. The molecule has 0 radical (unpaired) electrons. The number of rotatable bonds is 2. The summed E-state index contributed by atoms with van der Waals surface area (Å²) in [5, 5.41) is 38.0. The number of ether oxygens (including phenoxy) is 1. The van der Waals surface area contributed by atoms with Crippen molar-refractivity contribution in [2.45, 2.75) is 25.7 Å². The monoisotopic (exact) mass is 344 g/mol. The van der Waals surface area contributed by atoms with Gasteiger partial charge in [-0.3, -0.25) is 0 Å². The number of nitrogens with one attached hydrogen (secondary N) is 1. The van der Waals surface area contributed by atoms with Gasteiger partial charge in [0.05, 0.1) is 36.9 Å². The third-order valence-corrected chi connectivity index (χ3v) is 5.69. The van der Waals surface area contributed by atoms with Crippen LogP contribution in [0.5, 0.6) is 5.75 Å². The van der Waals surface area contributed by atoms with Crippen LogP contribution in [0.15, 0.2) is 35.9 Å². The normalized spacial score (nSPS) is 29.3. The van der Waals surface area contributed by atoms with Gasteiger partial charge in [-0.15, -0.1) is 0 Å². The van der Waals surface area contributed by atoms with Gasteiger partial charge < -0.3 is 10.1 Å². The lowest BCUT2D eigenvalue weighted by molar-refractivity contribution is 0.298. The van der Waals surface area contributed by atoms with Crippen LogP contribution in [-0.4, -0.2) is 12.8 Å². The molecule has 26 heavy (non-hydrogen) atoms. The maximum absolute atomic E-state index is 9.84. The Morgan fingerprint density at radius 3 is 2.58 bits per heavy atom. The molecule has 0 amide bonds. The molecule has 1 N–H and O–H groups in total. The van der Waals surface area contributed by atoms with Crippen LogP contribution < -0.4 is 4.74 Å². The molecular weight excluding hydrogens is 324 g/mol. The van der Waals surface area contributed by atoms with Crippen LogP contribution in [0.2, 0.25) is 0 Å². The SMILES string of the molecule is COc1cccc([C@H]2[C@@H](C#N)C(=N)C(C#N)(C#N)C3=CC[C@H](C)C[C@@H]32)c1. The van der Waals surface area contributed by atoms with Crippen molar-refractivity contribution in [2.24, 2.45) is 23.2 Å². The van der Waals surface area contributed by atoms with Crippen molar-refractivity contribution >= 4 is 5.71 Å². The first-order valence-corrected chi connectivity index (χ1v) is 8.67. The third-order valence-electron chi connectivity index (χ3n) is 5.69. The fourth-order valence-electron chi connectivity index (χ4n) is 4.40. The Labute approximate surface area is 153 Å². The summed E-state index contributed by atoms with van der Waals surface area (Å²) >= 11 is 0. The lowest BCUT2D eigenvalue weighted by Gasteiger charge is -2.46. The highest BCUT2D eigenvalue weighted by molar-refractivity contribution is 6.01. The van der Waals surface area contributed by atoms with Gasteiger partial charge >= 0.3 is 0 Å². The molecule has 130 valence electrons. The molecule has 0 unspecified atom stereocenters. The van der Waals surface area contributed by atoms with E-state index in [9.17, 15) is 15.8 Å².